The summed E-state index contributed by atoms with van der Waals surface area (Å²) in [6.45, 7) is 4.20. The summed E-state index contributed by atoms with van der Waals surface area (Å²) in [5, 5.41) is 0. The van der Waals surface area contributed by atoms with Gasteiger partial charge in [0.15, 0.2) is 0 Å². The van der Waals surface area contributed by atoms with Crippen LogP contribution in [0.25, 0.3) is 0 Å². The van der Waals surface area contributed by atoms with Crippen molar-refractivity contribution in [1.82, 2.24) is 15.0 Å². The van der Waals surface area contributed by atoms with Crippen LogP contribution in [0.4, 0.5) is 11.9 Å². The molecule has 0 bridgehead atoms. The third kappa shape index (κ3) is 2.98. The zero-order valence-electron chi connectivity index (χ0n) is 10.9. The minimum absolute atomic E-state index is 0.283. The predicted octanol–water partition coefficient (Wildman–Crippen LogP) is 0.792. The molecule has 2 heterocycles. The lowest BCUT2D eigenvalue weighted by Gasteiger charge is -2.20. The van der Waals surface area contributed by atoms with Crippen molar-refractivity contribution in [1.29, 1.82) is 0 Å². The highest BCUT2D eigenvalue weighted by Crippen LogP contribution is 2.21. The van der Waals surface area contributed by atoms with Gasteiger partial charge in [-0.25, -0.2) is 5.84 Å². The van der Waals surface area contributed by atoms with Crippen molar-refractivity contribution in [2.75, 3.05) is 30.5 Å². The summed E-state index contributed by atoms with van der Waals surface area (Å²) in [7, 11) is 1.53. The highest BCUT2D eigenvalue weighted by Gasteiger charge is 2.18. The number of methoxy groups -OCH3 is 1. The van der Waals surface area contributed by atoms with Gasteiger partial charge in [-0.05, 0) is 25.2 Å². The van der Waals surface area contributed by atoms with Crippen molar-refractivity contribution in [3.63, 3.8) is 0 Å². The number of hydrogen-bond acceptors (Lipinski definition) is 7. The van der Waals surface area contributed by atoms with E-state index in [1.54, 1.807) is 0 Å². The molecule has 0 saturated carbocycles. The lowest BCUT2D eigenvalue weighted by atomic mass is 10.0. The van der Waals surface area contributed by atoms with Crippen molar-refractivity contribution in [2.24, 2.45) is 11.8 Å². The molecular weight excluding hydrogens is 232 g/mol. The van der Waals surface area contributed by atoms with Gasteiger partial charge in [-0.1, -0.05) is 6.92 Å². The Morgan fingerprint density at radius 2 is 2.11 bits per heavy atom. The molecule has 2 rings (SSSR count). The molecule has 18 heavy (non-hydrogen) atoms. The molecule has 1 atom stereocenters. The Morgan fingerprint density at radius 3 is 2.83 bits per heavy atom. The second-order valence-electron chi connectivity index (χ2n) is 4.61. The second kappa shape index (κ2) is 5.81. The molecule has 1 unspecified atom stereocenters. The van der Waals surface area contributed by atoms with Gasteiger partial charge in [-0.15, -0.1) is 0 Å². The van der Waals surface area contributed by atoms with E-state index in [-0.39, 0.29) is 6.01 Å². The van der Waals surface area contributed by atoms with E-state index in [1.807, 2.05) is 0 Å². The van der Waals surface area contributed by atoms with Crippen LogP contribution >= 0.6 is 0 Å². The summed E-state index contributed by atoms with van der Waals surface area (Å²) < 4.78 is 5.06. The monoisotopic (exact) mass is 252 g/mol. The molecule has 1 fully saturated rings. The van der Waals surface area contributed by atoms with Crippen LogP contribution in [0.1, 0.15) is 26.2 Å². The van der Waals surface area contributed by atoms with Gasteiger partial charge in [-0.3, -0.25) is 5.43 Å². The first-order chi connectivity index (χ1) is 8.72. The van der Waals surface area contributed by atoms with E-state index in [0.29, 0.717) is 11.9 Å². The number of nitrogens with two attached hydrogens (primary N) is 1. The van der Waals surface area contributed by atoms with Crippen LogP contribution in [0.2, 0.25) is 0 Å². The molecular formula is C11H20N6O. The quantitative estimate of drug-likeness (QED) is 0.607. The molecule has 1 saturated heterocycles. The van der Waals surface area contributed by atoms with Gasteiger partial charge < -0.3 is 9.64 Å². The number of hydrazine groups is 1. The van der Waals surface area contributed by atoms with Gasteiger partial charge >= 0.3 is 6.01 Å². The SMILES string of the molecule is COc1nc(NN)nc(N2CCCC(C)CC2)n1. The van der Waals surface area contributed by atoms with Crippen LogP contribution in [0, 0.1) is 5.92 Å². The van der Waals surface area contributed by atoms with Crippen LogP contribution in [0.15, 0.2) is 0 Å². The van der Waals surface area contributed by atoms with E-state index >= 15 is 0 Å². The Balaban J connectivity index is 2.20. The summed E-state index contributed by atoms with van der Waals surface area (Å²) in [6, 6.07) is 0.283. The molecule has 1 aromatic heterocycles. The summed E-state index contributed by atoms with van der Waals surface area (Å²) in [6.07, 6.45) is 3.56. The molecule has 0 spiro atoms. The van der Waals surface area contributed by atoms with Crippen LogP contribution in [-0.4, -0.2) is 35.2 Å². The minimum atomic E-state index is 0.283. The summed E-state index contributed by atoms with van der Waals surface area (Å²) in [5.74, 6) is 7.06. The Bertz CT molecular complexity index is 377. The fourth-order valence-corrected chi connectivity index (χ4v) is 2.11. The number of nitrogens with zero attached hydrogens (tertiary/aromatic N) is 4. The molecule has 7 heteroatoms. The molecule has 1 aliphatic rings. The van der Waals surface area contributed by atoms with Crippen molar-refractivity contribution >= 4 is 11.9 Å². The van der Waals surface area contributed by atoms with Crippen molar-refractivity contribution in [3.8, 4) is 6.01 Å². The van der Waals surface area contributed by atoms with E-state index in [0.717, 1.165) is 31.8 Å². The number of nitrogens with one attached hydrogen (secondary N) is 1. The van der Waals surface area contributed by atoms with Gasteiger partial charge in [0.2, 0.25) is 11.9 Å². The Labute approximate surface area is 107 Å². The van der Waals surface area contributed by atoms with E-state index in [4.69, 9.17) is 10.6 Å². The molecule has 0 aromatic carbocycles. The molecule has 0 amide bonds. The number of ether oxygens (including phenoxy) is 1. The van der Waals surface area contributed by atoms with Gasteiger partial charge in [0.05, 0.1) is 7.11 Å². The van der Waals surface area contributed by atoms with E-state index in [1.165, 1.54) is 13.5 Å². The molecule has 1 aromatic rings. The van der Waals surface area contributed by atoms with Gasteiger partial charge in [0, 0.05) is 13.1 Å². The number of nitrogen functional groups attached to an aromatic ring is 1. The van der Waals surface area contributed by atoms with Crippen LogP contribution in [0.5, 0.6) is 6.01 Å². The fourth-order valence-electron chi connectivity index (χ4n) is 2.11. The minimum Gasteiger partial charge on any atom is -0.467 e. The van der Waals surface area contributed by atoms with Gasteiger partial charge in [-0.2, -0.15) is 15.0 Å². The molecule has 0 aliphatic carbocycles. The maximum Gasteiger partial charge on any atom is 0.322 e. The fraction of sp³-hybridized carbons (Fsp3) is 0.727. The van der Waals surface area contributed by atoms with Gasteiger partial charge in [0.1, 0.15) is 0 Å². The first-order valence-corrected chi connectivity index (χ1v) is 6.24. The molecule has 7 nitrogen and oxygen atoms in total. The van der Waals surface area contributed by atoms with Crippen molar-refractivity contribution < 1.29 is 4.74 Å². The lowest BCUT2D eigenvalue weighted by molar-refractivity contribution is 0.378. The maximum absolute atomic E-state index is 5.35. The number of aromatic nitrogens is 3. The van der Waals surface area contributed by atoms with Crippen molar-refractivity contribution in [3.05, 3.63) is 0 Å². The van der Waals surface area contributed by atoms with Crippen molar-refractivity contribution in [2.45, 2.75) is 26.2 Å². The number of hydrogen-bond donors (Lipinski definition) is 2. The van der Waals surface area contributed by atoms with Crippen LogP contribution in [-0.2, 0) is 0 Å². The topological polar surface area (TPSA) is 89.2 Å². The molecule has 3 N–H and O–H groups in total. The number of anilines is 2. The Morgan fingerprint density at radius 1 is 1.28 bits per heavy atom. The van der Waals surface area contributed by atoms with Crippen LogP contribution < -0.4 is 20.9 Å². The lowest BCUT2D eigenvalue weighted by Crippen LogP contribution is -2.27. The summed E-state index contributed by atoms with van der Waals surface area (Å²) in [4.78, 5) is 14.7. The van der Waals surface area contributed by atoms with E-state index in [9.17, 15) is 0 Å². The summed E-state index contributed by atoms with van der Waals surface area (Å²) >= 11 is 0. The predicted molar refractivity (Wildman–Crippen MR) is 69.4 cm³/mol. The second-order valence-corrected chi connectivity index (χ2v) is 4.61. The largest absolute Gasteiger partial charge is 0.467 e. The summed E-state index contributed by atoms with van der Waals surface area (Å²) in [5.41, 5.74) is 2.44. The Hall–Kier alpha value is -1.63. The average Bonchev–Trinajstić information content (AvgIpc) is 2.63. The average molecular weight is 252 g/mol. The first kappa shape index (κ1) is 12.8. The molecule has 100 valence electrons. The smallest absolute Gasteiger partial charge is 0.322 e. The third-order valence-electron chi connectivity index (χ3n) is 3.21. The third-order valence-corrected chi connectivity index (χ3v) is 3.21. The van der Waals surface area contributed by atoms with Gasteiger partial charge in [0.25, 0.3) is 0 Å². The Kier molecular flexibility index (Phi) is 4.14. The zero-order valence-corrected chi connectivity index (χ0v) is 10.9. The van der Waals surface area contributed by atoms with Crippen LogP contribution in [0.3, 0.4) is 0 Å². The standard InChI is InChI=1S/C11H20N6O/c1-8-4-3-6-17(7-5-8)10-13-9(16-12)14-11(15-10)18-2/h8H,3-7,12H2,1-2H3,(H,13,14,15,16). The highest BCUT2D eigenvalue weighted by atomic mass is 16.5. The zero-order chi connectivity index (χ0) is 13.0. The molecule has 1 aliphatic heterocycles. The normalized spacial score (nSPS) is 20.4. The number of rotatable bonds is 3. The first-order valence-electron chi connectivity index (χ1n) is 6.24. The van der Waals surface area contributed by atoms with E-state index < -0.39 is 0 Å². The highest BCUT2D eigenvalue weighted by molar-refractivity contribution is 5.37. The van der Waals surface area contributed by atoms with E-state index in [2.05, 4.69) is 32.2 Å². The maximum atomic E-state index is 5.35. The molecule has 0 radical (unpaired) electrons.